The van der Waals surface area contributed by atoms with E-state index in [0.29, 0.717) is 6.54 Å². The minimum Gasteiger partial charge on any atom is -0.350 e. The minimum absolute atomic E-state index is 0.210. The summed E-state index contributed by atoms with van der Waals surface area (Å²) in [5.74, 6) is 0.453. The molecule has 0 radical (unpaired) electrons. The molecule has 90 valence electrons. The van der Waals surface area contributed by atoms with E-state index in [4.69, 9.17) is 0 Å². The quantitative estimate of drug-likeness (QED) is 0.906. The zero-order valence-electron chi connectivity index (χ0n) is 9.56. The van der Waals surface area contributed by atoms with Gasteiger partial charge in [-0.15, -0.1) is 11.3 Å². The van der Waals surface area contributed by atoms with E-state index in [-0.39, 0.29) is 11.8 Å². The number of nitrogens with zero attached hydrogens (tertiary/aromatic N) is 2. The van der Waals surface area contributed by atoms with Crippen LogP contribution >= 0.6 is 11.3 Å². The fraction of sp³-hybridized carbons (Fsp3) is 0.500. The zero-order chi connectivity index (χ0) is 11.7. The molecule has 0 atom stereocenters. The summed E-state index contributed by atoms with van der Waals surface area (Å²) in [5, 5.41) is 5.08. The summed E-state index contributed by atoms with van der Waals surface area (Å²) >= 11 is 1.61. The first-order chi connectivity index (χ1) is 8.34. The summed E-state index contributed by atoms with van der Waals surface area (Å²) in [6, 6.07) is 0. The van der Waals surface area contributed by atoms with Crippen LogP contribution in [0.25, 0.3) is 4.96 Å². The van der Waals surface area contributed by atoms with Crippen LogP contribution in [0.4, 0.5) is 0 Å². The number of hydrogen-bond acceptors (Lipinski definition) is 3. The van der Waals surface area contributed by atoms with Crippen molar-refractivity contribution < 1.29 is 4.79 Å². The highest BCUT2D eigenvalue weighted by Gasteiger charge is 2.22. The van der Waals surface area contributed by atoms with Crippen LogP contribution in [-0.2, 0) is 11.3 Å². The summed E-state index contributed by atoms with van der Waals surface area (Å²) in [7, 11) is 0. The van der Waals surface area contributed by atoms with Gasteiger partial charge in [-0.1, -0.05) is 12.8 Å². The first-order valence-corrected chi connectivity index (χ1v) is 6.90. The molecule has 0 bridgehead atoms. The number of amides is 1. The molecule has 5 heteroatoms. The molecule has 1 aliphatic rings. The molecule has 0 saturated heterocycles. The predicted octanol–water partition coefficient (Wildman–Crippen LogP) is 2.20. The van der Waals surface area contributed by atoms with Gasteiger partial charge in [0.15, 0.2) is 4.96 Å². The van der Waals surface area contributed by atoms with E-state index in [9.17, 15) is 4.79 Å². The number of carbonyl (C=O) groups excluding carboxylic acids is 1. The molecule has 1 N–H and O–H groups in total. The lowest BCUT2D eigenvalue weighted by Gasteiger charge is -2.09. The molecule has 3 rings (SSSR count). The largest absolute Gasteiger partial charge is 0.350 e. The second kappa shape index (κ2) is 4.49. The lowest BCUT2D eigenvalue weighted by Crippen LogP contribution is -2.29. The van der Waals surface area contributed by atoms with Gasteiger partial charge in [0.2, 0.25) is 5.91 Å². The molecule has 0 aromatic carbocycles. The number of nitrogens with one attached hydrogen (secondary N) is 1. The molecule has 0 spiro atoms. The maximum absolute atomic E-state index is 11.9. The van der Waals surface area contributed by atoms with Crippen LogP contribution in [0.3, 0.4) is 0 Å². The molecular formula is C12H15N3OS. The Morgan fingerprint density at radius 3 is 3.18 bits per heavy atom. The van der Waals surface area contributed by atoms with E-state index in [1.807, 2.05) is 10.6 Å². The van der Waals surface area contributed by atoms with Gasteiger partial charge in [-0.05, 0) is 12.8 Å². The maximum atomic E-state index is 11.9. The predicted molar refractivity (Wildman–Crippen MR) is 66.9 cm³/mol. The van der Waals surface area contributed by atoms with Gasteiger partial charge in [0.05, 0.1) is 12.2 Å². The summed E-state index contributed by atoms with van der Waals surface area (Å²) in [5.41, 5.74) is 1.11. The summed E-state index contributed by atoms with van der Waals surface area (Å²) in [6.07, 6.45) is 8.22. The Morgan fingerprint density at radius 2 is 2.35 bits per heavy atom. The number of hydrogen-bond donors (Lipinski definition) is 1. The molecule has 1 aliphatic carbocycles. The second-order valence-corrected chi connectivity index (χ2v) is 5.34. The Labute approximate surface area is 104 Å². The summed E-state index contributed by atoms with van der Waals surface area (Å²) in [4.78, 5) is 17.1. The van der Waals surface area contributed by atoms with E-state index >= 15 is 0 Å². The number of carbonyl (C=O) groups is 1. The fourth-order valence-electron chi connectivity index (χ4n) is 2.41. The van der Waals surface area contributed by atoms with Gasteiger partial charge >= 0.3 is 0 Å². The third-order valence-corrected chi connectivity index (χ3v) is 4.29. The lowest BCUT2D eigenvalue weighted by molar-refractivity contribution is -0.124. The Kier molecular flexibility index (Phi) is 2.84. The smallest absolute Gasteiger partial charge is 0.223 e. The van der Waals surface area contributed by atoms with Gasteiger partial charge in [0.1, 0.15) is 0 Å². The average molecular weight is 249 g/mol. The number of thiazole rings is 1. The average Bonchev–Trinajstić information content (AvgIpc) is 3.03. The molecule has 2 aromatic heterocycles. The van der Waals surface area contributed by atoms with Crippen LogP contribution in [0, 0.1) is 5.92 Å². The first kappa shape index (κ1) is 10.8. The summed E-state index contributed by atoms with van der Waals surface area (Å²) < 4.78 is 2.03. The second-order valence-electron chi connectivity index (χ2n) is 4.51. The van der Waals surface area contributed by atoms with Crippen molar-refractivity contribution in [3.8, 4) is 0 Å². The number of rotatable bonds is 3. The van der Waals surface area contributed by atoms with Gasteiger partial charge in [0.25, 0.3) is 0 Å². The van der Waals surface area contributed by atoms with Crippen molar-refractivity contribution in [2.24, 2.45) is 5.92 Å². The molecule has 4 nitrogen and oxygen atoms in total. The van der Waals surface area contributed by atoms with Crippen LogP contribution in [-0.4, -0.2) is 15.3 Å². The van der Waals surface area contributed by atoms with E-state index in [2.05, 4.69) is 15.7 Å². The molecule has 0 aliphatic heterocycles. The summed E-state index contributed by atoms with van der Waals surface area (Å²) in [6.45, 7) is 0.603. The van der Waals surface area contributed by atoms with Crippen molar-refractivity contribution in [3.63, 3.8) is 0 Å². The first-order valence-electron chi connectivity index (χ1n) is 6.02. The monoisotopic (exact) mass is 249 g/mol. The van der Waals surface area contributed by atoms with Crippen molar-refractivity contribution in [2.75, 3.05) is 0 Å². The number of imidazole rings is 1. The molecule has 1 fully saturated rings. The van der Waals surface area contributed by atoms with Crippen LogP contribution < -0.4 is 5.32 Å². The maximum Gasteiger partial charge on any atom is 0.223 e. The van der Waals surface area contributed by atoms with Gasteiger partial charge in [0, 0.05) is 23.7 Å². The van der Waals surface area contributed by atoms with Gasteiger partial charge < -0.3 is 5.32 Å². The van der Waals surface area contributed by atoms with Crippen molar-refractivity contribution in [3.05, 3.63) is 23.5 Å². The van der Waals surface area contributed by atoms with Gasteiger partial charge in [-0.2, -0.15) is 0 Å². The third kappa shape index (κ3) is 2.07. The minimum atomic E-state index is 0.210. The normalized spacial score (nSPS) is 16.7. The standard InChI is InChI=1S/C12H15N3OS/c16-11(9-3-1-2-4-9)14-7-10-8-17-12-13-5-6-15(10)12/h5-6,8-9H,1-4,7H2,(H,14,16). The van der Waals surface area contributed by atoms with Gasteiger partial charge in [-0.3, -0.25) is 9.20 Å². The van der Waals surface area contributed by atoms with Crippen molar-refractivity contribution in [2.45, 2.75) is 32.2 Å². The molecule has 0 unspecified atom stereocenters. The van der Waals surface area contributed by atoms with E-state index in [1.54, 1.807) is 17.5 Å². The van der Waals surface area contributed by atoms with E-state index in [0.717, 1.165) is 23.5 Å². The zero-order valence-corrected chi connectivity index (χ0v) is 10.4. The highest BCUT2D eigenvalue weighted by Crippen LogP contribution is 2.24. The van der Waals surface area contributed by atoms with Crippen molar-refractivity contribution in [1.29, 1.82) is 0 Å². The third-order valence-electron chi connectivity index (χ3n) is 3.39. The molecule has 2 aromatic rings. The lowest BCUT2D eigenvalue weighted by atomic mass is 10.1. The van der Waals surface area contributed by atoms with Crippen LogP contribution in [0.15, 0.2) is 17.8 Å². The Bertz CT molecular complexity index is 525. The van der Waals surface area contributed by atoms with E-state index < -0.39 is 0 Å². The topological polar surface area (TPSA) is 46.4 Å². The Balaban J connectivity index is 1.64. The molecule has 17 heavy (non-hydrogen) atoms. The van der Waals surface area contributed by atoms with Crippen molar-refractivity contribution in [1.82, 2.24) is 14.7 Å². The SMILES string of the molecule is O=C(NCc1csc2nccn12)C1CCCC1. The van der Waals surface area contributed by atoms with Gasteiger partial charge in [-0.25, -0.2) is 4.98 Å². The molecule has 1 amide bonds. The highest BCUT2D eigenvalue weighted by atomic mass is 32.1. The Morgan fingerprint density at radius 1 is 1.53 bits per heavy atom. The number of aromatic nitrogens is 2. The van der Waals surface area contributed by atoms with E-state index in [1.165, 1.54) is 12.8 Å². The fourth-order valence-corrected chi connectivity index (χ4v) is 3.26. The molecular weight excluding hydrogens is 234 g/mol. The molecule has 2 heterocycles. The number of fused-ring (bicyclic) bond motifs is 1. The van der Waals surface area contributed by atoms with Crippen LogP contribution in [0.5, 0.6) is 0 Å². The van der Waals surface area contributed by atoms with Crippen molar-refractivity contribution >= 4 is 22.2 Å². The highest BCUT2D eigenvalue weighted by molar-refractivity contribution is 7.15. The van der Waals surface area contributed by atoms with Crippen LogP contribution in [0.2, 0.25) is 0 Å². The molecule has 1 saturated carbocycles. The van der Waals surface area contributed by atoms with Crippen LogP contribution in [0.1, 0.15) is 31.4 Å². The Hall–Kier alpha value is -1.36.